The molecule has 0 saturated carbocycles. The quantitative estimate of drug-likeness (QED) is 0.590. The van der Waals surface area contributed by atoms with Crippen molar-refractivity contribution in [3.63, 3.8) is 0 Å². The minimum absolute atomic E-state index is 0.0208. The summed E-state index contributed by atoms with van der Waals surface area (Å²) in [7, 11) is 0. The lowest BCUT2D eigenvalue weighted by Gasteiger charge is -2.09. The molecule has 0 fully saturated rings. The van der Waals surface area contributed by atoms with E-state index in [1.807, 2.05) is 0 Å². The number of nitrogens with zero attached hydrogens (tertiary/aromatic N) is 1. The molecular weight excluding hydrogens is 170 g/mol. The third-order valence-corrected chi connectivity index (χ3v) is 1.79. The summed E-state index contributed by atoms with van der Waals surface area (Å²) in [6, 6.07) is 3.13. The highest BCUT2D eigenvalue weighted by atomic mass is 16.3. The molecule has 64 valence electrons. The van der Waals surface area contributed by atoms with Crippen molar-refractivity contribution in [3.05, 3.63) is 35.7 Å². The van der Waals surface area contributed by atoms with Crippen molar-refractivity contribution in [2.24, 2.45) is 0 Å². The van der Waals surface area contributed by atoms with Crippen LogP contribution in [0.2, 0.25) is 0 Å². The van der Waals surface area contributed by atoms with Crippen molar-refractivity contribution in [2.45, 2.75) is 0 Å². The molecule has 1 aromatic heterocycles. The highest BCUT2D eigenvalue weighted by molar-refractivity contribution is 6.49. The minimum atomic E-state index is -0.733. The van der Waals surface area contributed by atoms with E-state index in [2.05, 4.69) is 4.98 Å². The van der Waals surface area contributed by atoms with Crippen LogP contribution in [0.3, 0.4) is 0 Å². The number of Topliss-reactive ketones (excluding diaryl/α,β-unsaturated/α-hetero) is 1. The summed E-state index contributed by atoms with van der Waals surface area (Å²) >= 11 is 0. The second-order valence-corrected chi connectivity index (χ2v) is 2.62. The topological polar surface area (TPSA) is 67.3 Å². The van der Waals surface area contributed by atoms with Crippen molar-refractivity contribution >= 4 is 17.3 Å². The first-order valence-electron chi connectivity index (χ1n) is 3.65. The summed E-state index contributed by atoms with van der Waals surface area (Å²) < 4.78 is 0. The number of fused-ring (bicyclic) bond motifs is 1. The van der Waals surface area contributed by atoms with Crippen LogP contribution in [0.25, 0.3) is 5.76 Å². The van der Waals surface area contributed by atoms with Gasteiger partial charge in [-0.05, 0) is 12.1 Å². The van der Waals surface area contributed by atoms with Crippen molar-refractivity contribution < 1.29 is 14.7 Å². The SMILES string of the molecule is O=C1C=C(O)c2cccnc2C1=O. The Morgan fingerprint density at radius 2 is 2.08 bits per heavy atom. The maximum absolute atomic E-state index is 11.2. The lowest BCUT2D eigenvalue weighted by Crippen LogP contribution is -2.19. The first kappa shape index (κ1) is 7.67. The number of aromatic nitrogens is 1. The second kappa shape index (κ2) is 2.52. The zero-order valence-corrected chi connectivity index (χ0v) is 6.52. The first-order chi connectivity index (χ1) is 6.20. The Labute approximate surface area is 73.5 Å². The molecule has 0 spiro atoms. The molecule has 0 radical (unpaired) electrons. The molecule has 0 unspecified atom stereocenters. The van der Waals surface area contributed by atoms with Crippen LogP contribution in [-0.4, -0.2) is 21.7 Å². The molecular formula is C9H5NO3. The number of carbonyl (C=O) groups is 2. The molecule has 4 heteroatoms. The number of ketones is 2. The van der Waals surface area contributed by atoms with E-state index >= 15 is 0 Å². The van der Waals surface area contributed by atoms with Crippen LogP contribution in [0.15, 0.2) is 24.4 Å². The van der Waals surface area contributed by atoms with Gasteiger partial charge in [-0.25, -0.2) is 0 Å². The third-order valence-electron chi connectivity index (χ3n) is 1.79. The molecule has 1 aliphatic carbocycles. The van der Waals surface area contributed by atoms with E-state index in [0.29, 0.717) is 5.56 Å². The molecule has 0 aliphatic heterocycles. The van der Waals surface area contributed by atoms with E-state index in [1.54, 1.807) is 12.1 Å². The Kier molecular flexibility index (Phi) is 1.48. The zero-order valence-electron chi connectivity index (χ0n) is 6.52. The largest absolute Gasteiger partial charge is 0.507 e. The first-order valence-corrected chi connectivity index (χ1v) is 3.65. The maximum Gasteiger partial charge on any atom is 0.252 e. The number of rotatable bonds is 0. The van der Waals surface area contributed by atoms with Gasteiger partial charge in [-0.3, -0.25) is 14.6 Å². The summed E-state index contributed by atoms with van der Waals surface area (Å²) in [5.74, 6) is -1.61. The molecule has 0 amide bonds. The second-order valence-electron chi connectivity index (χ2n) is 2.62. The van der Waals surface area contributed by atoms with Gasteiger partial charge in [-0.1, -0.05) is 0 Å². The monoisotopic (exact) mass is 175 g/mol. The van der Waals surface area contributed by atoms with Gasteiger partial charge in [0.2, 0.25) is 5.78 Å². The van der Waals surface area contributed by atoms with Crippen LogP contribution in [0.1, 0.15) is 16.1 Å². The Morgan fingerprint density at radius 1 is 1.31 bits per heavy atom. The minimum Gasteiger partial charge on any atom is -0.507 e. The fraction of sp³-hybridized carbons (Fsp3) is 0. The van der Waals surface area contributed by atoms with Gasteiger partial charge in [-0.2, -0.15) is 0 Å². The molecule has 13 heavy (non-hydrogen) atoms. The van der Waals surface area contributed by atoms with Crippen molar-refractivity contribution in [1.82, 2.24) is 4.98 Å². The Balaban J connectivity index is 2.72. The number of pyridine rings is 1. The van der Waals surface area contributed by atoms with Crippen LogP contribution in [0, 0.1) is 0 Å². The highest BCUT2D eigenvalue weighted by Crippen LogP contribution is 2.20. The summed E-state index contributed by atoms with van der Waals surface area (Å²) in [4.78, 5) is 25.9. The molecule has 1 aliphatic rings. The summed E-state index contributed by atoms with van der Waals surface area (Å²) in [6.07, 6.45) is 2.31. The van der Waals surface area contributed by atoms with E-state index in [-0.39, 0.29) is 11.5 Å². The number of hydrogen-bond donors (Lipinski definition) is 1. The Bertz CT molecular complexity index is 434. The lowest BCUT2D eigenvalue weighted by atomic mass is 9.99. The number of allylic oxidation sites excluding steroid dienone is 1. The average molecular weight is 175 g/mol. The van der Waals surface area contributed by atoms with Crippen LogP contribution in [0.5, 0.6) is 0 Å². The molecule has 1 aromatic rings. The van der Waals surface area contributed by atoms with E-state index in [4.69, 9.17) is 0 Å². The fourth-order valence-electron chi connectivity index (χ4n) is 1.18. The van der Waals surface area contributed by atoms with Gasteiger partial charge in [-0.15, -0.1) is 0 Å². The van der Waals surface area contributed by atoms with Crippen LogP contribution in [0.4, 0.5) is 0 Å². The number of aliphatic hydroxyl groups is 1. The van der Waals surface area contributed by atoms with Gasteiger partial charge >= 0.3 is 0 Å². The molecule has 0 aromatic carbocycles. The molecule has 0 bridgehead atoms. The summed E-state index contributed by atoms with van der Waals surface area (Å²) in [5.41, 5.74) is 0.333. The van der Waals surface area contributed by atoms with Crippen molar-refractivity contribution in [1.29, 1.82) is 0 Å². The van der Waals surface area contributed by atoms with Gasteiger partial charge in [0.1, 0.15) is 11.5 Å². The lowest BCUT2D eigenvalue weighted by molar-refractivity contribution is -0.111. The number of hydrogen-bond acceptors (Lipinski definition) is 4. The molecule has 4 nitrogen and oxygen atoms in total. The average Bonchev–Trinajstić information content (AvgIpc) is 2.15. The molecule has 0 saturated heterocycles. The van der Waals surface area contributed by atoms with E-state index in [9.17, 15) is 14.7 Å². The fourth-order valence-corrected chi connectivity index (χ4v) is 1.18. The van der Waals surface area contributed by atoms with Gasteiger partial charge in [0.15, 0.2) is 0 Å². The number of aliphatic hydroxyl groups excluding tert-OH is 1. The molecule has 2 rings (SSSR count). The van der Waals surface area contributed by atoms with Gasteiger partial charge in [0.05, 0.1) is 0 Å². The maximum atomic E-state index is 11.2. The normalized spacial score (nSPS) is 15.2. The number of carbonyl (C=O) groups excluding carboxylic acids is 2. The molecule has 1 N–H and O–H groups in total. The highest BCUT2D eigenvalue weighted by Gasteiger charge is 2.26. The molecule has 0 atom stereocenters. The van der Waals surface area contributed by atoms with E-state index in [0.717, 1.165) is 6.08 Å². The van der Waals surface area contributed by atoms with Gasteiger partial charge in [0, 0.05) is 17.8 Å². The molecule has 1 heterocycles. The van der Waals surface area contributed by atoms with Crippen molar-refractivity contribution in [3.8, 4) is 0 Å². The van der Waals surface area contributed by atoms with Gasteiger partial charge in [0.25, 0.3) is 5.78 Å². The van der Waals surface area contributed by atoms with E-state index < -0.39 is 11.6 Å². The Morgan fingerprint density at radius 3 is 2.85 bits per heavy atom. The standard InChI is InChI=1S/C9H5NO3/c11-6-4-7(12)9(13)8-5(6)2-1-3-10-8/h1-4,11H. The smallest absolute Gasteiger partial charge is 0.252 e. The van der Waals surface area contributed by atoms with E-state index in [1.165, 1.54) is 6.20 Å². The summed E-state index contributed by atoms with van der Waals surface area (Å²) in [6.45, 7) is 0. The predicted octanol–water partition coefficient (Wildman–Crippen LogP) is 0.746. The van der Waals surface area contributed by atoms with Crippen LogP contribution in [-0.2, 0) is 4.79 Å². The predicted molar refractivity (Wildman–Crippen MR) is 44.2 cm³/mol. The third kappa shape index (κ3) is 1.03. The van der Waals surface area contributed by atoms with Crippen LogP contribution >= 0.6 is 0 Å². The van der Waals surface area contributed by atoms with Crippen LogP contribution < -0.4 is 0 Å². The Hall–Kier alpha value is -1.97. The van der Waals surface area contributed by atoms with Gasteiger partial charge < -0.3 is 5.11 Å². The van der Waals surface area contributed by atoms with Crippen molar-refractivity contribution in [2.75, 3.05) is 0 Å². The summed E-state index contributed by atoms with van der Waals surface area (Å²) in [5, 5.41) is 9.30. The zero-order chi connectivity index (χ0) is 9.42.